The van der Waals surface area contributed by atoms with Crippen LogP contribution in [0.4, 0.5) is 5.69 Å². The summed E-state index contributed by atoms with van der Waals surface area (Å²) in [4.78, 5) is 14.3. The zero-order valence-corrected chi connectivity index (χ0v) is 13.6. The Labute approximate surface area is 133 Å². The van der Waals surface area contributed by atoms with E-state index in [2.05, 4.69) is 29.4 Å². The van der Waals surface area contributed by atoms with Crippen LogP contribution in [0.3, 0.4) is 0 Å². The first kappa shape index (κ1) is 16.8. The lowest BCUT2D eigenvalue weighted by molar-refractivity contribution is -0.119. The number of hydrogen-bond donors (Lipinski definition) is 2. The molecule has 2 N–H and O–H groups in total. The predicted octanol–water partition coefficient (Wildman–Crippen LogP) is 1.96. The molecule has 1 aliphatic rings. The van der Waals surface area contributed by atoms with Crippen LogP contribution in [0.25, 0.3) is 0 Å². The number of hydrogen-bond acceptors (Lipinski definition) is 4. The zero-order chi connectivity index (χ0) is 15.8. The Balaban J connectivity index is 1.76. The molecule has 1 fully saturated rings. The Morgan fingerprint density at radius 1 is 1.32 bits per heavy atom. The van der Waals surface area contributed by atoms with Gasteiger partial charge in [-0.1, -0.05) is 13.8 Å². The average molecular weight is 305 g/mol. The molecule has 0 radical (unpaired) electrons. The monoisotopic (exact) mass is 305 g/mol. The van der Waals surface area contributed by atoms with Crippen LogP contribution >= 0.6 is 0 Å². The largest absolute Gasteiger partial charge is 0.492 e. The van der Waals surface area contributed by atoms with Crippen molar-refractivity contribution in [2.45, 2.75) is 20.3 Å². The van der Waals surface area contributed by atoms with Gasteiger partial charge in [-0.2, -0.15) is 0 Å². The van der Waals surface area contributed by atoms with Crippen LogP contribution in [0.1, 0.15) is 20.3 Å². The third-order valence-corrected chi connectivity index (χ3v) is 4.12. The van der Waals surface area contributed by atoms with E-state index in [1.807, 2.05) is 24.3 Å². The van der Waals surface area contributed by atoms with Crippen LogP contribution in [0.5, 0.6) is 5.75 Å². The van der Waals surface area contributed by atoms with Crippen molar-refractivity contribution in [2.75, 3.05) is 44.6 Å². The van der Waals surface area contributed by atoms with Gasteiger partial charge in [-0.3, -0.25) is 4.79 Å². The normalized spacial score (nSPS) is 17.7. The lowest BCUT2D eigenvalue weighted by Crippen LogP contribution is -2.27. The Hall–Kier alpha value is -1.59. The van der Waals surface area contributed by atoms with Gasteiger partial charge in [0.15, 0.2) is 0 Å². The van der Waals surface area contributed by atoms with Gasteiger partial charge in [0.05, 0.1) is 5.92 Å². The summed E-state index contributed by atoms with van der Waals surface area (Å²) in [5.41, 5.74) is 0.827. The molecule has 1 aromatic rings. The first-order valence-electron chi connectivity index (χ1n) is 8.19. The van der Waals surface area contributed by atoms with Gasteiger partial charge in [0.2, 0.25) is 5.91 Å². The van der Waals surface area contributed by atoms with Crippen LogP contribution < -0.4 is 15.4 Å². The maximum absolute atomic E-state index is 12.0. The van der Waals surface area contributed by atoms with E-state index in [1.165, 1.54) is 0 Å². The Kier molecular flexibility index (Phi) is 6.68. The molecule has 1 atom stereocenters. The number of benzene rings is 1. The lowest BCUT2D eigenvalue weighted by Gasteiger charge is -2.18. The number of anilines is 1. The van der Waals surface area contributed by atoms with E-state index in [0.29, 0.717) is 6.61 Å². The highest BCUT2D eigenvalue weighted by Crippen LogP contribution is 2.17. The number of amides is 1. The number of rotatable bonds is 8. The van der Waals surface area contributed by atoms with Gasteiger partial charge < -0.3 is 20.3 Å². The summed E-state index contributed by atoms with van der Waals surface area (Å²) in [5.74, 6) is 1.03. The van der Waals surface area contributed by atoms with Crippen molar-refractivity contribution in [1.82, 2.24) is 10.2 Å². The Bertz CT molecular complexity index is 451. The molecule has 22 heavy (non-hydrogen) atoms. The second kappa shape index (κ2) is 8.76. The van der Waals surface area contributed by atoms with Gasteiger partial charge in [-0.15, -0.1) is 0 Å². The fourth-order valence-electron chi connectivity index (χ4n) is 2.59. The molecule has 0 saturated carbocycles. The van der Waals surface area contributed by atoms with Gasteiger partial charge in [0.25, 0.3) is 0 Å². The van der Waals surface area contributed by atoms with E-state index in [9.17, 15) is 4.79 Å². The highest BCUT2D eigenvalue weighted by Gasteiger charge is 2.22. The van der Waals surface area contributed by atoms with Crippen molar-refractivity contribution in [1.29, 1.82) is 0 Å². The predicted molar refractivity (Wildman–Crippen MR) is 89.3 cm³/mol. The maximum Gasteiger partial charge on any atom is 0.228 e. The summed E-state index contributed by atoms with van der Waals surface area (Å²) in [7, 11) is 0. The van der Waals surface area contributed by atoms with Crippen LogP contribution in [0, 0.1) is 5.92 Å². The summed E-state index contributed by atoms with van der Waals surface area (Å²) in [6.45, 7) is 9.71. The third kappa shape index (κ3) is 5.00. The molecule has 1 aliphatic heterocycles. The number of nitrogens with one attached hydrogen (secondary N) is 2. The summed E-state index contributed by atoms with van der Waals surface area (Å²) in [5, 5.41) is 6.17. The second-order valence-corrected chi connectivity index (χ2v) is 5.58. The van der Waals surface area contributed by atoms with Gasteiger partial charge >= 0.3 is 0 Å². The Morgan fingerprint density at radius 3 is 2.64 bits per heavy atom. The van der Waals surface area contributed by atoms with E-state index in [1.54, 1.807) is 0 Å². The Morgan fingerprint density at radius 2 is 2.05 bits per heavy atom. The van der Waals surface area contributed by atoms with Gasteiger partial charge in [0, 0.05) is 18.8 Å². The molecule has 0 bridgehead atoms. The molecule has 1 unspecified atom stereocenters. The van der Waals surface area contributed by atoms with Crippen molar-refractivity contribution < 1.29 is 9.53 Å². The van der Waals surface area contributed by atoms with Gasteiger partial charge in [-0.25, -0.2) is 0 Å². The van der Waals surface area contributed by atoms with Crippen LogP contribution in [0.2, 0.25) is 0 Å². The average Bonchev–Trinajstić information content (AvgIpc) is 3.08. The molecular weight excluding hydrogens is 278 g/mol. The smallest absolute Gasteiger partial charge is 0.228 e. The number of carbonyl (C=O) groups excluding carboxylic acids is 1. The van der Waals surface area contributed by atoms with Crippen molar-refractivity contribution in [3.63, 3.8) is 0 Å². The van der Waals surface area contributed by atoms with E-state index in [-0.39, 0.29) is 11.8 Å². The zero-order valence-electron chi connectivity index (χ0n) is 13.6. The molecule has 1 saturated heterocycles. The van der Waals surface area contributed by atoms with Crippen molar-refractivity contribution in [3.8, 4) is 5.75 Å². The summed E-state index contributed by atoms with van der Waals surface area (Å²) >= 11 is 0. The second-order valence-electron chi connectivity index (χ2n) is 5.58. The van der Waals surface area contributed by atoms with Gasteiger partial charge in [0.1, 0.15) is 12.4 Å². The molecule has 2 rings (SSSR count). The fourth-order valence-corrected chi connectivity index (χ4v) is 2.59. The van der Waals surface area contributed by atoms with Gasteiger partial charge in [-0.05, 0) is 50.3 Å². The number of ether oxygens (including phenoxy) is 1. The highest BCUT2D eigenvalue weighted by molar-refractivity contribution is 5.92. The number of likely N-dealkylation sites (N-methyl/N-ethyl adjacent to an activating group) is 1. The third-order valence-electron chi connectivity index (χ3n) is 4.12. The first-order chi connectivity index (χ1) is 10.7. The van der Waals surface area contributed by atoms with E-state index >= 15 is 0 Å². The molecule has 5 nitrogen and oxygen atoms in total. The molecule has 122 valence electrons. The number of nitrogens with zero attached hydrogens (tertiary/aromatic N) is 1. The van der Waals surface area contributed by atoms with Crippen molar-refractivity contribution >= 4 is 11.6 Å². The minimum Gasteiger partial charge on any atom is -0.492 e. The summed E-state index contributed by atoms with van der Waals surface area (Å²) < 4.78 is 5.74. The quantitative estimate of drug-likeness (QED) is 0.771. The molecule has 0 aliphatic carbocycles. The molecule has 1 aromatic carbocycles. The van der Waals surface area contributed by atoms with E-state index in [4.69, 9.17) is 4.74 Å². The summed E-state index contributed by atoms with van der Waals surface area (Å²) in [6, 6.07) is 7.61. The van der Waals surface area contributed by atoms with Crippen molar-refractivity contribution in [2.24, 2.45) is 5.92 Å². The van der Waals surface area contributed by atoms with Crippen LogP contribution in [-0.2, 0) is 4.79 Å². The molecule has 0 aromatic heterocycles. The highest BCUT2D eigenvalue weighted by atomic mass is 16.5. The van der Waals surface area contributed by atoms with E-state index < -0.39 is 0 Å². The summed E-state index contributed by atoms with van der Waals surface area (Å²) in [6.07, 6.45) is 0.915. The molecular formula is C17H27N3O2. The number of carbonyl (C=O) groups is 1. The topological polar surface area (TPSA) is 53.6 Å². The molecule has 5 heteroatoms. The lowest BCUT2D eigenvalue weighted by atomic mass is 10.1. The standard InChI is InChI=1S/C17H27N3O2/c1-3-20(4-2)11-12-22-16-7-5-15(6-8-16)19-17(21)14-9-10-18-13-14/h5-8,14,18H,3-4,9-13H2,1-2H3,(H,19,21). The minimum atomic E-state index is 0.0880. The minimum absolute atomic E-state index is 0.0880. The molecule has 1 heterocycles. The van der Waals surface area contributed by atoms with Crippen LogP contribution in [-0.4, -0.2) is 50.1 Å². The maximum atomic E-state index is 12.0. The van der Waals surface area contributed by atoms with Crippen molar-refractivity contribution in [3.05, 3.63) is 24.3 Å². The molecule has 1 amide bonds. The van der Waals surface area contributed by atoms with Crippen LogP contribution in [0.15, 0.2) is 24.3 Å². The first-order valence-corrected chi connectivity index (χ1v) is 8.19. The molecule has 0 spiro atoms. The van der Waals surface area contributed by atoms with E-state index in [0.717, 1.165) is 50.6 Å². The SMILES string of the molecule is CCN(CC)CCOc1ccc(NC(=O)C2CCNC2)cc1. The fraction of sp³-hybridized carbons (Fsp3) is 0.588.